The molecular formula is C11H7Br2FN2O2S. The number of benzene rings is 1. The maximum absolute atomic E-state index is 13.5. The normalized spacial score (nSPS) is 10.5. The van der Waals surface area contributed by atoms with E-state index < -0.39 is 10.7 Å². The van der Waals surface area contributed by atoms with Gasteiger partial charge in [0.25, 0.3) is 5.69 Å². The van der Waals surface area contributed by atoms with Gasteiger partial charge in [-0.1, -0.05) is 0 Å². The summed E-state index contributed by atoms with van der Waals surface area (Å²) in [4.78, 5) is 11.4. The van der Waals surface area contributed by atoms with Gasteiger partial charge in [0, 0.05) is 21.5 Å². The number of hydrogen-bond acceptors (Lipinski definition) is 4. The Morgan fingerprint density at radius 2 is 2.11 bits per heavy atom. The minimum atomic E-state index is -0.546. The Balaban J connectivity index is 2.26. The van der Waals surface area contributed by atoms with Crippen LogP contribution in [0.25, 0.3) is 0 Å². The van der Waals surface area contributed by atoms with Crippen molar-refractivity contribution in [3.63, 3.8) is 0 Å². The van der Waals surface area contributed by atoms with Gasteiger partial charge in [-0.3, -0.25) is 10.1 Å². The van der Waals surface area contributed by atoms with Crippen LogP contribution < -0.4 is 5.32 Å². The van der Waals surface area contributed by atoms with E-state index in [-0.39, 0.29) is 15.8 Å². The molecule has 4 nitrogen and oxygen atoms in total. The number of nitrogens with zero attached hydrogens (tertiary/aromatic N) is 1. The number of nitro groups is 1. The number of rotatable bonds is 4. The standard InChI is InChI=1S/C11H7Br2FN2O2S/c12-6-1-2-19-11(6)5-15-9-4-8(14)7(13)3-10(9)16(17)18/h1-4,15H,5H2. The van der Waals surface area contributed by atoms with Gasteiger partial charge in [-0.15, -0.1) is 11.3 Å². The summed E-state index contributed by atoms with van der Waals surface area (Å²) < 4.78 is 14.4. The molecule has 0 aliphatic heterocycles. The topological polar surface area (TPSA) is 55.2 Å². The van der Waals surface area contributed by atoms with Gasteiger partial charge >= 0.3 is 0 Å². The number of anilines is 1. The van der Waals surface area contributed by atoms with Gasteiger partial charge in [0.15, 0.2) is 0 Å². The third kappa shape index (κ3) is 3.31. The van der Waals surface area contributed by atoms with Gasteiger partial charge in [0.05, 0.1) is 15.9 Å². The Bertz CT molecular complexity index is 633. The highest BCUT2D eigenvalue weighted by molar-refractivity contribution is 9.10. The minimum Gasteiger partial charge on any atom is -0.374 e. The van der Waals surface area contributed by atoms with Gasteiger partial charge in [-0.2, -0.15) is 0 Å². The molecule has 8 heteroatoms. The van der Waals surface area contributed by atoms with E-state index >= 15 is 0 Å². The number of nitro benzene ring substituents is 1. The Hall–Kier alpha value is -0.990. The summed E-state index contributed by atoms with van der Waals surface area (Å²) in [5.74, 6) is -0.543. The lowest BCUT2D eigenvalue weighted by molar-refractivity contribution is -0.384. The van der Waals surface area contributed by atoms with Gasteiger partial charge in [-0.25, -0.2) is 4.39 Å². The third-order valence-corrected chi connectivity index (χ3v) is 4.90. The number of halogens is 3. The van der Waals surface area contributed by atoms with E-state index in [2.05, 4.69) is 37.2 Å². The summed E-state index contributed by atoms with van der Waals surface area (Å²) in [6, 6.07) is 4.16. The van der Waals surface area contributed by atoms with Crippen molar-refractivity contribution in [3.05, 3.63) is 53.3 Å². The van der Waals surface area contributed by atoms with Crippen LogP contribution in [0, 0.1) is 15.9 Å². The Labute approximate surface area is 129 Å². The molecule has 1 aromatic carbocycles. The van der Waals surface area contributed by atoms with Crippen LogP contribution in [0.2, 0.25) is 0 Å². The molecule has 0 fully saturated rings. The highest BCUT2D eigenvalue weighted by Crippen LogP contribution is 2.32. The van der Waals surface area contributed by atoms with Crippen LogP contribution in [0.3, 0.4) is 0 Å². The first-order valence-electron chi connectivity index (χ1n) is 5.08. The molecule has 100 valence electrons. The Morgan fingerprint density at radius 1 is 1.37 bits per heavy atom. The molecule has 0 saturated carbocycles. The zero-order valence-corrected chi connectivity index (χ0v) is 13.3. The van der Waals surface area contributed by atoms with Crippen molar-refractivity contribution in [2.75, 3.05) is 5.32 Å². The van der Waals surface area contributed by atoms with Crippen molar-refractivity contribution < 1.29 is 9.31 Å². The third-order valence-electron chi connectivity index (χ3n) is 2.37. The van der Waals surface area contributed by atoms with E-state index in [4.69, 9.17) is 0 Å². The molecule has 0 saturated heterocycles. The maximum atomic E-state index is 13.5. The first-order chi connectivity index (χ1) is 8.99. The lowest BCUT2D eigenvalue weighted by atomic mass is 10.2. The lowest BCUT2D eigenvalue weighted by Gasteiger charge is -2.07. The number of thiophene rings is 1. The first-order valence-corrected chi connectivity index (χ1v) is 7.54. The molecule has 0 aliphatic carbocycles. The smallest absolute Gasteiger partial charge is 0.293 e. The molecule has 0 bridgehead atoms. The second-order valence-electron chi connectivity index (χ2n) is 3.59. The molecule has 0 unspecified atom stereocenters. The van der Waals surface area contributed by atoms with Crippen LogP contribution in [0.15, 0.2) is 32.5 Å². The SMILES string of the molecule is O=[N+]([O-])c1cc(Br)c(F)cc1NCc1sccc1Br. The van der Waals surface area contributed by atoms with Crippen LogP contribution in [0.5, 0.6) is 0 Å². The number of hydrogen-bond donors (Lipinski definition) is 1. The molecule has 1 aromatic heterocycles. The van der Waals surface area contributed by atoms with Crippen molar-refractivity contribution in [3.8, 4) is 0 Å². The molecular weight excluding hydrogens is 403 g/mol. The van der Waals surface area contributed by atoms with Crippen molar-refractivity contribution in [1.29, 1.82) is 0 Å². The highest BCUT2D eigenvalue weighted by Gasteiger charge is 2.17. The molecule has 2 rings (SSSR count). The molecule has 2 aromatic rings. The van der Waals surface area contributed by atoms with E-state index in [0.717, 1.165) is 21.5 Å². The number of nitrogens with one attached hydrogen (secondary N) is 1. The van der Waals surface area contributed by atoms with Crippen molar-refractivity contribution >= 4 is 54.6 Å². The second-order valence-corrected chi connectivity index (χ2v) is 6.30. The Kier molecular flexibility index (Phi) is 4.54. The summed E-state index contributed by atoms with van der Waals surface area (Å²) in [5, 5.41) is 15.7. The van der Waals surface area contributed by atoms with Crippen LogP contribution in [0.1, 0.15) is 4.88 Å². The predicted molar refractivity (Wildman–Crippen MR) is 80.1 cm³/mol. The second kappa shape index (κ2) is 5.98. The fraction of sp³-hybridized carbons (Fsp3) is 0.0909. The highest BCUT2D eigenvalue weighted by atomic mass is 79.9. The quantitative estimate of drug-likeness (QED) is 0.575. The van der Waals surface area contributed by atoms with Crippen LogP contribution in [0.4, 0.5) is 15.8 Å². The monoisotopic (exact) mass is 408 g/mol. The maximum Gasteiger partial charge on any atom is 0.293 e. The fourth-order valence-electron chi connectivity index (χ4n) is 1.46. The van der Waals surface area contributed by atoms with Crippen molar-refractivity contribution in [2.45, 2.75) is 6.54 Å². The fourth-order valence-corrected chi connectivity index (χ4v) is 3.22. The van der Waals surface area contributed by atoms with Crippen LogP contribution >= 0.6 is 43.2 Å². The molecule has 0 amide bonds. The minimum absolute atomic E-state index is 0.0713. The van der Waals surface area contributed by atoms with E-state index in [1.165, 1.54) is 11.3 Å². The summed E-state index contributed by atoms with van der Waals surface area (Å²) >= 11 is 7.81. The van der Waals surface area contributed by atoms with E-state index in [1.807, 2.05) is 11.4 Å². The molecule has 0 spiro atoms. The summed E-state index contributed by atoms with van der Waals surface area (Å²) in [6.07, 6.45) is 0. The van der Waals surface area contributed by atoms with Crippen molar-refractivity contribution in [1.82, 2.24) is 0 Å². The van der Waals surface area contributed by atoms with Crippen LogP contribution in [-0.2, 0) is 6.54 Å². The van der Waals surface area contributed by atoms with Gasteiger partial charge in [0.2, 0.25) is 0 Å². The molecule has 0 radical (unpaired) electrons. The lowest BCUT2D eigenvalue weighted by Crippen LogP contribution is -2.02. The van der Waals surface area contributed by atoms with Gasteiger partial charge in [-0.05, 0) is 43.3 Å². The van der Waals surface area contributed by atoms with E-state index in [0.29, 0.717) is 6.54 Å². The molecule has 0 aliphatic rings. The molecule has 19 heavy (non-hydrogen) atoms. The molecule has 1 heterocycles. The van der Waals surface area contributed by atoms with E-state index in [9.17, 15) is 14.5 Å². The molecule has 1 N–H and O–H groups in total. The van der Waals surface area contributed by atoms with E-state index in [1.54, 1.807) is 0 Å². The predicted octanol–water partition coefficient (Wildman–Crippen LogP) is 4.93. The zero-order chi connectivity index (χ0) is 14.0. The molecule has 0 atom stereocenters. The summed E-state index contributed by atoms with van der Waals surface area (Å²) in [6.45, 7) is 0.389. The Morgan fingerprint density at radius 3 is 2.68 bits per heavy atom. The average molecular weight is 410 g/mol. The van der Waals surface area contributed by atoms with Gasteiger partial charge in [0.1, 0.15) is 11.5 Å². The largest absolute Gasteiger partial charge is 0.374 e. The van der Waals surface area contributed by atoms with Gasteiger partial charge < -0.3 is 5.32 Å². The van der Waals surface area contributed by atoms with Crippen LogP contribution in [-0.4, -0.2) is 4.92 Å². The first kappa shape index (κ1) is 14.4. The average Bonchev–Trinajstić information content (AvgIpc) is 2.75. The summed E-state index contributed by atoms with van der Waals surface area (Å²) in [5.41, 5.74) is -0.00745. The zero-order valence-electron chi connectivity index (χ0n) is 9.32. The van der Waals surface area contributed by atoms with Crippen molar-refractivity contribution in [2.24, 2.45) is 0 Å². The summed E-state index contributed by atoms with van der Waals surface area (Å²) in [7, 11) is 0.